The van der Waals surface area contributed by atoms with E-state index in [4.69, 9.17) is 24.1 Å². The maximum atomic E-state index is 12.7. The summed E-state index contributed by atoms with van der Waals surface area (Å²) < 4.78 is 21.9. The van der Waals surface area contributed by atoms with Crippen molar-refractivity contribution < 1.29 is 33.6 Å². The standard InChI is InChI=1S/C23H29NO7S2/c1-28-20(10-12-30-21(26)15-32)22(16-4-3-5-18(14-16)29-13-11-25)31-23(27)24-17-6-8-19(33-2)9-7-17/h3-9,14,20,22,25,32H,10-13,15H2,1-2H3,(H,24,27)/t20-,22-/m0/s1. The van der Waals surface area contributed by atoms with Gasteiger partial charge in [0, 0.05) is 24.1 Å². The normalized spacial score (nSPS) is 12.5. The first-order valence-corrected chi connectivity index (χ1v) is 12.1. The molecule has 0 fully saturated rings. The molecule has 2 aromatic carbocycles. The van der Waals surface area contributed by atoms with Gasteiger partial charge in [-0.1, -0.05) is 12.1 Å². The zero-order valence-corrected chi connectivity index (χ0v) is 20.3. The Kier molecular flexibility index (Phi) is 12.0. The van der Waals surface area contributed by atoms with Gasteiger partial charge in [-0.15, -0.1) is 11.8 Å². The second-order valence-electron chi connectivity index (χ2n) is 6.77. The van der Waals surface area contributed by atoms with Crippen LogP contribution in [0.25, 0.3) is 0 Å². The molecule has 10 heteroatoms. The summed E-state index contributed by atoms with van der Waals surface area (Å²) in [5, 5.41) is 11.7. The van der Waals surface area contributed by atoms with E-state index >= 15 is 0 Å². The highest BCUT2D eigenvalue weighted by Crippen LogP contribution is 2.29. The SMILES string of the molecule is CO[C@@H](CCOC(=O)CS)[C@@H](OC(=O)Nc1ccc(SC)cc1)c1cccc(OCCO)c1. The largest absolute Gasteiger partial charge is 0.491 e. The lowest BCUT2D eigenvalue weighted by molar-refractivity contribution is -0.141. The number of methoxy groups -OCH3 is 1. The smallest absolute Gasteiger partial charge is 0.412 e. The maximum Gasteiger partial charge on any atom is 0.412 e. The van der Waals surface area contributed by atoms with Gasteiger partial charge in [-0.25, -0.2) is 4.79 Å². The van der Waals surface area contributed by atoms with Crippen molar-refractivity contribution in [3.8, 4) is 5.75 Å². The van der Waals surface area contributed by atoms with Crippen LogP contribution >= 0.6 is 24.4 Å². The molecule has 0 aromatic heterocycles. The number of nitrogens with one attached hydrogen (secondary N) is 1. The van der Waals surface area contributed by atoms with Crippen LogP contribution in [0.2, 0.25) is 0 Å². The lowest BCUT2D eigenvalue weighted by Crippen LogP contribution is -2.29. The third-order valence-corrected chi connectivity index (χ3v) is 5.55. The number of amides is 1. The first-order chi connectivity index (χ1) is 16.0. The molecule has 0 saturated carbocycles. The van der Waals surface area contributed by atoms with Crippen LogP contribution in [0.3, 0.4) is 0 Å². The summed E-state index contributed by atoms with van der Waals surface area (Å²) >= 11 is 5.49. The average molecular weight is 496 g/mol. The third-order valence-electron chi connectivity index (χ3n) is 4.55. The molecule has 0 aliphatic carbocycles. The second kappa shape index (κ2) is 14.7. The maximum absolute atomic E-state index is 12.7. The van der Waals surface area contributed by atoms with Gasteiger partial charge in [-0.2, -0.15) is 12.6 Å². The number of aliphatic hydroxyl groups excluding tert-OH is 1. The predicted octanol–water partition coefficient (Wildman–Crippen LogP) is 3.95. The molecule has 0 heterocycles. The van der Waals surface area contributed by atoms with Crippen molar-refractivity contribution >= 4 is 42.1 Å². The number of anilines is 1. The van der Waals surface area contributed by atoms with E-state index in [1.165, 1.54) is 7.11 Å². The lowest BCUT2D eigenvalue weighted by atomic mass is 10.0. The fraction of sp³-hybridized carbons (Fsp3) is 0.391. The molecule has 2 rings (SSSR count). The highest BCUT2D eigenvalue weighted by Gasteiger charge is 2.28. The van der Waals surface area contributed by atoms with E-state index in [0.717, 1.165) is 4.90 Å². The number of carbonyl (C=O) groups excluding carboxylic acids is 2. The van der Waals surface area contributed by atoms with Crippen LogP contribution in [0.1, 0.15) is 18.1 Å². The van der Waals surface area contributed by atoms with Gasteiger partial charge in [0.15, 0.2) is 6.10 Å². The minimum Gasteiger partial charge on any atom is -0.491 e. The molecular formula is C23H29NO7S2. The van der Waals surface area contributed by atoms with Crippen molar-refractivity contribution in [2.45, 2.75) is 23.5 Å². The van der Waals surface area contributed by atoms with Gasteiger partial charge in [0.05, 0.1) is 19.0 Å². The van der Waals surface area contributed by atoms with Crippen LogP contribution in [-0.4, -0.2) is 62.2 Å². The lowest BCUT2D eigenvalue weighted by Gasteiger charge is -2.27. The Labute approximate surface area is 203 Å². The Hall–Kier alpha value is -2.40. The first-order valence-electron chi connectivity index (χ1n) is 10.2. The monoisotopic (exact) mass is 495 g/mol. The molecule has 0 aliphatic heterocycles. The summed E-state index contributed by atoms with van der Waals surface area (Å²) in [5.74, 6) is 0.0376. The number of ether oxygens (including phenoxy) is 4. The fourth-order valence-electron chi connectivity index (χ4n) is 2.97. The predicted molar refractivity (Wildman–Crippen MR) is 130 cm³/mol. The summed E-state index contributed by atoms with van der Waals surface area (Å²) in [4.78, 5) is 25.2. The molecule has 2 atom stereocenters. The van der Waals surface area contributed by atoms with Gasteiger partial charge in [0.25, 0.3) is 0 Å². The number of thiol groups is 1. The number of esters is 1. The molecule has 0 spiro atoms. The Balaban J connectivity index is 2.19. The van der Waals surface area contributed by atoms with Crippen molar-refractivity contribution in [1.82, 2.24) is 0 Å². The van der Waals surface area contributed by atoms with E-state index < -0.39 is 24.3 Å². The number of rotatable bonds is 13. The number of hydrogen-bond acceptors (Lipinski definition) is 9. The van der Waals surface area contributed by atoms with Crippen LogP contribution in [0.15, 0.2) is 53.4 Å². The molecule has 0 unspecified atom stereocenters. The summed E-state index contributed by atoms with van der Waals surface area (Å²) in [6.45, 7) is 0.0875. The van der Waals surface area contributed by atoms with E-state index in [1.807, 2.05) is 18.4 Å². The number of aliphatic hydroxyl groups is 1. The van der Waals surface area contributed by atoms with E-state index in [2.05, 4.69) is 17.9 Å². The molecule has 1 amide bonds. The summed E-state index contributed by atoms with van der Waals surface area (Å²) in [5.41, 5.74) is 1.22. The summed E-state index contributed by atoms with van der Waals surface area (Å²) in [6.07, 6.45) is 0.187. The molecular weight excluding hydrogens is 466 g/mol. The van der Waals surface area contributed by atoms with Crippen LogP contribution in [0.5, 0.6) is 5.75 Å². The second-order valence-corrected chi connectivity index (χ2v) is 7.96. The van der Waals surface area contributed by atoms with Crippen LogP contribution in [-0.2, 0) is 19.0 Å². The quantitative estimate of drug-likeness (QED) is 0.218. The van der Waals surface area contributed by atoms with Gasteiger partial charge in [0.2, 0.25) is 0 Å². The number of thioether (sulfide) groups is 1. The van der Waals surface area contributed by atoms with Crippen LogP contribution < -0.4 is 10.1 Å². The minimum absolute atomic E-state index is 0.0282. The van der Waals surface area contributed by atoms with E-state index in [1.54, 1.807) is 48.2 Å². The summed E-state index contributed by atoms with van der Waals surface area (Å²) in [6, 6.07) is 14.4. The van der Waals surface area contributed by atoms with Crippen LogP contribution in [0, 0.1) is 0 Å². The molecule has 0 bridgehead atoms. The fourth-order valence-corrected chi connectivity index (χ4v) is 3.47. The molecule has 33 heavy (non-hydrogen) atoms. The average Bonchev–Trinajstić information content (AvgIpc) is 2.84. The molecule has 0 radical (unpaired) electrons. The molecule has 2 N–H and O–H groups in total. The Morgan fingerprint density at radius 1 is 1.15 bits per heavy atom. The molecule has 2 aromatic rings. The van der Waals surface area contributed by atoms with E-state index in [0.29, 0.717) is 17.0 Å². The highest BCUT2D eigenvalue weighted by atomic mass is 32.2. The van der Waals surface area contributed by atoms with Gasteiger partial charge >= 0.3 is 12.1 Å². The highest BCUT2D eigenvalue weighted by molar-refractivity contribution is 7.98. The zero-order valence-electron chi connectivity index (χ0n) is 18.6. The number of benzene rings is 2. The van der Waals surface area contributed by atoms with Crippen LogP contribution in [0.4, 0.5) is 10.5 Å². The molecule has 180 valence electrons. The van der Waals surface area contributed by atoms with Crippen molar-refractivity contribution in [3.63, 3.8) is 0 Å². The topological polar surface area (TPSA) is 103 Å². The first kappa shape index (κ1) is 26.8. The van der Waals surface area contributed by atoms with Gasteiger partial charge < -0.3 is 24.1 Å². The van der Waals surface area contributed by atoms with Crippen molar-refractivity contribution in [1.29, 1.82) is 0 Å². The van der Waals surface area contributed by atoms with E-state index in [9.17, 15) is 9.59 Å². The van der Waals surface area contributed by atoms with Crippen molar-refractivity contribution in [2.24, 2.45) is 0 Å². The van der Waals surface area contributed by atoms with Crippen molar-refractivity contribution in [2.75, 3.05) is 44.3 Å². The molecule has 0 aliphatic rings. The zero-order chi connectivity index (χ0) is 24.1. The molecule has 8 nitrogen and oxygen atoms in total. The van der Waals surface area contributed by atoms with Gasteiger partial charge in [0.1, 0.15) is 18.5 Å². The Morgan fingerprint density at radius 2 is 1.91 bits per heavy atom. The third kappa shape index (κ3) is 9.17. The Bertz CT molecular complexity index is 879. The molecule has 0 saturated heterocycles. The summed E-state index contributed by atoms with van der Waals surface area (Å²) in [7, 11) is 1.49. The minimum atomic E-state index is -0.812. The van der Waals surface area contributed by atoms with Crippen molar-refractivity contribution in [3.05, 3.63) is 54.1 Å². The van der Waals surface area contributed by atoms with Gasteiger partial charge in [-0.3, -0.25) is 10.1 Å². The number of carbonyl (C=O) groups is 2. The van der Waals surface area contributed by atoms with Gasteiger partial charge in [-0.05, 0) is 48.2 Å². The number of hydrogen-bond donors (Lipinski definition) is 3. The van der Waals surface area contributed by atoms with E-state index in [-0.39, 0.29) is 32.0 Å². The Morgan fingerprint density at radius 3 is 2.55 bits per heavy atom.